The summed E-state index contributed by atoms with van der Waals surface area (Å²) < 4.78 is 0. The van der Waals surface area contributed by atoms with Crippen LogP contribution in [0.25, 0.3) is 0 Å². The van der Waals surface area contributed by atoms with Crippen LogP contribution < -0.4 is 11.1 Å². The predicted molar refractivity (Wildman–Crippen MR) is 76.0 cm³/mol. The summed E-state index contributed by atoms with van der Waals surface area (Å²) in [6, 6.07) is 0. The van der Waals surface area contributed by atoms with Gasteiger partial charge in [0, 0.05) is 12.1 Å². The lowest BCUT2D eigenvalue weighted by Crippen LogP contribution is -2.48. The third kappa shape index (κ3) is 4.97. The molecule has 0 aromatic carbocycles. The zero-order valence-corrected chi connectivity index (χ0v) is 12.5. The van der Waals surface area contributed by atoms with E-state index in [4.69, 9.17) is 5.73 Å². The molecule has 1 fully saturated rings. The van der Waals surface area contributed by atoms with Crippen molar-refractivity contribution in [2.45, 2.75) is 65.8 Å². The van der Waals surface area contributed by atoms with Gasteiger partial charge in [0.1, 0.15) is 0 Å². The van der Waals surface area contributed by atoms with Crippen LogP contribution >= 0.6 is 0 Å². The second kappa shape index (κ2) is 5.71. The molecule has 0 amide bonds. The van der Waals surface area contributed by atoms with Gasteiger partial charge >= 0.3 is 0 Å². The van der Waals surface area contributed by atoms with Gasteiger partial charge in [-0.25, -0.2) is 0 Å². The standard InChI is InChI=1S/C15H32N2/c1-14(2,3)13-8-6-12(7-9-13)10-17-15(4,5)11-16/h12-13,17H,6-11,16H2,1-5H3. The largest absolute Gasteiger partial charge is 0.329 e. The second-order valence-corrected chi connectivity index (χ2v) is 7.55. The van der Waals surface area contributed by atoms with Crippen molar-refractivity contribution in [2.75, 3.05) is 13.1 Å². The van der Waals surface area contributed by atoms with Crippen molar-refractivity contribution in [3.8, 4) is 0 Å². The molecule has 0 bridgehead atoms. The molecular formula is C15H32N2. The fraction of sp³-hybridized carbons (Fsp3) is 1.00. The molecule has 0 aromatic rings. The molecule has 0 saturated heterocycles. The van der Waals surface area contributed by atoms with Gasteiger partial charge in [-0.3, -0.25) is 0 Å². The molecule has 0 spiro atoms. The fourth-order valence-corrected chi connectivity index (χ4v) is 2.73. The molecule has 17 heavy (non-hydrogen) atoms. The van der Waals surface area contributed by atoms with E-state index in [1.807, 2.05) is 0 Å². The Labute approximate surface area is 108 Å². The first kappa shape index (κ1) is 15.0. The zero-order chi connectivity index (χ0) is 13.1. The highest BCUT2D eigenvalue weighted by Gasteiger charge is 2.30. The summed E-state index contributed by atoms with van der Waals surface area (Å²) in [5, 5.41) is 3.61. The molecule has 0 aromatic heterocycles. The molecule has 1 aliphatic carbocycles. The second-order valence-electron chi connectivity index (χ2n) is 7.55. The summed E-state index contributed by atoms with van der Waals surface area (Å²) in [6.45, 7) is 13.4. The first-order valence-corrected chi connectivity index (χ1v) is 7.20. The first-order chi connectivity index (χ1) is 7.74. The Morgan fingerprint density at radius 1 is 1.00 bits per heavy atom. The lowest BCUT2D eigenvalue weighted by molar-refractivity contribution is 0.145. The topological polar surface area (TPSA) is 38.0 Å². The van der Waals surface area contributed by atoms with Crippen LogP contribution in [-0.2, 0) is 0 Å². The van der Waals surface area contributed by atoms with Crippen LogP contribution in [0, 0.1) is 17.3 Å². The molecule has 2 nitrogen and oxygen atoms in total. The van der Waals surface area contributed by atoms with Crippen molar-refractivity contribution in [3.63, 3.8) is 0 Å². The van der Waals surface area contributed by atoms with E-state index in [-0.39, 0.29) is 5.54 Å². The Kier molecular flexibility index (Phi) is 5.03. The van der Waals surface area contributed by atoms with E-state index in [9.17, 15) is 0 Å². The smallest absolute Gasteiger partial charge is 0.0247 e. The number of hydrogen-bond donors (Lipinski definition) is 2. The molecule has 2 heteroatoms. The number of rotatable bonds is 4. The normalized spacial score (nSPS) is 27.2. The summed E-state index contributed by atoms with van der Waals surface area (Å²) in [5.41, 5.74) is 6.33. The van der Waals surface area contributed by atoms with Gasteiger partial charge in [0.25, 0.3) is 0 Å². The Hall–Kier alpha value is -0.0800. The minimum Gasteiger partial charge on any atom is -0.329 e. The van der Waals surface area contributed by atoms with E-state index in [0.717, 1.165) is 18.4 Å². The van der Waals surface area contributed by atoms with Gasteiger partial charge in [0.05, 0.1) is 0 Å². The quantitative estimate of drug-likeness (QED) is 0.792. The van der Waals surface area contributed by atoms with E-state index in [0.29, 0.717) is 12.0 Å². The molecule has 0 atom stereocenters. The monoisotopic (exact) mass is 240 g/mol. The summed E-state index contributed by atoms with van der Waals surface area (Å²) in [4.78, 5) is 0. The number of nitrogens with two attached hydrogens (primary N) is 1. The van der Waals surface area contributed by atoms with E-state index >= 15 is 0 Å². The highest BCUT2D eigenvalue weighted by molar-refractivity contribution is 4.84. The summed E-state index contributed by atoms with van der Waals surface area (Å²) in [7, 11) is 0. The Bertz CT molecular complexity index is 220. The molecule has 102 valence electrons. The average molecular weight is 240 g/mol. The lowest BCUT2D eigenvalue weighted by atomic mass is 9.70. The Morgan fingerprint density at radius 3 is 1.94 bits per heavy atom. The summed E-state index contributed by atoms with van der Waals surface area (Å²) >= 11 is 0. The van der Waals surface area contributed by atoms with Crippen LogP contribution in [0.4, 0.5) is 0 Å². The van der Waals surface area contributed by atoms with Crippen LogP contribution in [0.15, 0.2) is 0 Å². The third-order valence-electron chi connectivity index (χ3n) is 4.45. The zero-order valence-electron chi connectivity index (χ0n) is 12.5. The van der Waals surface area contributed by atoms with Crippen LogP contribution in [0.5, 0.6) is 0 Å². The van der Waals surface area contributed by atoms with Crippen LogP contribution in [0.3, 0.4) is 0 Å². The van der Waals surface area contributed by atoms with Gasteiger partial charge in [0.2, 0.25) is 0 Å². The van der Waals surface area contributed by atoms with Crippen molar-refractivity contribution in [1.82, 2.24) is 5.32 Å². The number of nitrogens with one attached hydrogen (secondary N) is 1. The molecule has 3 N–H and O–H groups in total. The van der Waals surface area contributed by atoms with Gasteiger partial charge in [-0.1, -0.05) is 20.8 Å². The molecular weight excluding hydrogens is 208 g/mol. The minimum atomic E-state index is 0.0981. The molecule has 1 saturated carbocycles. The van der Waals surface area contributed by atoms with Gasteiger partial charge in [-0.2, -0.15) is 0 Å². The summed E-state index contributed by atoms with van der Waals surface area (Å²) in [6.07, 6.45) is 5.57. The van der Waals surface area contributed by atoms with Crippen LogP contribution in [-0.4, -0.2) is 18.6 Å². The van der Waals surface area contributed by atoms with Crippen molar-refractivity contribution in [1.29, 1.82) is 0 Å². The van der Waals surface area contributed by atoms with E-state index in [1.54, 1.807) is 0 Å². The van der Waals surface area contributed by atoms with E-state index in [1.165, 1.54) is 25.7 Å². The van der Waals surface area contributed by atoms with E-state index < -0.39 is 0 Å². The van der Waals surface area contributed by atoms with Crippen LogP contribution in [0.1, 0.15) is 60.3 Å². The maximum atomic E-state index is 5.74. The maximum absolute atomic E-state index is 5.74. The van der Waals surface area contributed by atoms with Gasteiger partial charge in [-0.05, 0) is 63.3 Å². The number of hydrogen-bond acceptors (Lipinski definition) is 2. The van der Waals surface area contributed by atoms with E-state index in [2.05, 4.69) is 39.9 Å². The lowest BCUT2D eigenvalue weighted by Gasteiger charge is -2.38. The molecule has 0 radical (unpaired) electrons. The molecule has 0 heterocycles. The van der Waals surface area contributed by atoms with Gasteiger partial charge in [-0.15, -0.1) is 0 Å². The maximum Gasteiger partial charge on any atom is 0.0247 e. The van der Waals surface area contributed by atoms with Crippen LogP contribution in [0.2, 0.25) is 0 Å². The van der Waals surface area contributed by atoms with Crippen molar-refractivity contribution < 1.29 is 0 Å². The van der Waals surface area contributed by atoms with Gasteiger partial charge < -0.3 is 11.1 Å². The Morgan fingerprint density at radius 2 is 1.53 bits per heavy atom. The van der Waals surface area contributed by atoms with Gasteiger partial charge in [0.15, 0.2) is 0 Å². The molecule has 1 aliphatic rings. The molecule has 0 aliphatic heterocycles. The SMILES string of the molecule is CC(C)(CN)NCC1CCC(C(C)(C)C)CC1. The first-order valence-electron chi connectivity index (χ1n) is 7.20. The summed E-state index contributed by atoms with van der Waals surface area (Å²) in [5.74, 6) is 1.78. The van der Waals surface area contributed by atoms with Crippen molar-refractivity contribution in [3.05, 3.63) is 0 Å². The fourth-order valence-electron chi connectivity index (χ4n) is 2.73. The average Bonchev–Trinajstić information content (AvgIpc) is 2.26. The third-order valence-corrected chi connectivity index (χ3v) is 4.45. The Balaban J connectivity index is 2.29. The van der Waals surface area contributed by atoms with Crippen molar-refractivity contribution in [2.24, 2.45) is 23.0 Å². The highest BCUT2D eigenvalue weighted by Crippen LogP contribution is 2.39. The molecule has 0 unspecified atom stereocenters. The minimum absolute atomic E-state index is 0.0981. The molecule has 1 rings (SSSR count). The van der Waals surface area contributed by atoms with Crippen molar-refractivity contribution >= 4 is 0 Å². The predicted octanol–water partition coefficient (Wildman–Crippen LogP) is 3.17. The highest BCUT2D eigenvalue weighted by atomic mass is 15.0.